The summed E-state index contributed by atoms with van der Waals surface area (Å²) in [5, 5.41) is 12.0. The van der Waals surface area contributed by atoms with Crippen LogP contribution >= 0.6 is 0 Å². The highest BCUT2D eigenvalue weighted by Crippen LogP contribution is 2.30. The van der Waals surface area contributed by atoms with E-state index in [2.05, 4.69) is 11.4 Å². The summed E-state index contributed by atoms with van der Waals surface area (Å²) in [6, 6.07) is 26.3. The smallest absolute Gasteiger partial charge is 0.162 e. The van der Waals surface area contributed by atoms with Crippen LogP contribution in [0.15, 0.2) is 78.9 Å². The van der Waals surface area contributed by atoms with Crippen LogP contribution < -0.4 is 14.8 Å². The van der Waals surface area contributed by atoms with Crippen molar-refractivity contribution in [1.82, 2.24) is 5.32 Å². The SMILES string of the molecule is OCCOCCOCCOCCNCc1ccc(OCc2ccccc2)c(OCc2ccccc2)c1. The lowest BCUT2D eigenvalue weighted by molar-refractivity contribution is 0.00818. The first-order valence-electron chi connectivity index (χ1n) is 12.4. The van der Waals surface area contributed by atoms with Gasteiger partial charge >= 0.3 is 0 Å². The molecule has 0 heterocycles. The quantitative estimate of drug-likeness (QED) is 0.244. The standard InChI is InChI=1S/C29H37NO6/c31-14-16-33-18-20-34-19-17-32-15-13-30-22-27-11-12-28(35-23-25-7-3-1-4-8-25)29(21-27)36-24-26-9-5-2-6-10-26/h1-12,21,30-31H,13-20,22-24H2. The number of hydrogen-bond acceptors (Lipinski definition) is 7. The summed E-state index contributed by atoms with van der Waals surface area (Å²) in [5.74, 6) is 1.45. The van der Waals surface area contributed by atoms with E-state index < -0.39 is 0 Å². The lowest BCUT2D eigenvalue weighted by atomic mass is 10.2. The Balaban J connectivity index is 1.41. The average molecular weight is 496 g/mol. The molecule has 0 aliphatic rings. The summed E-state index contributed by atoms with van der Waals surface area (Å²) < 4.78 is 28.4. The monoisotopic (exact) mass is 495 g/mol. The molecule has 7 heteroatoms. The summed E-state index contributed by atoms with van der Waals surface area (Å²) in [4.78, 5) is 0. The molecular weight excluding hydrogens is 458 g/mol. The van der Waals surface area contributed by atoms with Gasteiger partial charge in [-0.3, -0.25) is 0 Å². The molecule has 0 radical (unpaired) electrons. The minimum Gasteiger partial charge on any atom is -0.485 e. The first-order chi connectivity index (χ1) is 17.8. The van der Waals surface area contributed by atoms with E-state index in [9.17, 15) is 0 Å². The van der Waals surface area contributed by atoms with Gasteiger partial charge in [-0.05, 0) is 28.8 Å². The summed E-state index contributed by atoms with van der Waals surface area (Å²) in [6.07, 6.45) is 0. The topological polar surface area (TPSA) is 78.4 Å². The highest BCUT2D eigenvalue weighted by atomic mass is 16.5. The number of rotatable bonds is 19. The number of ether oxygens (including phenoxy) is 5. The Kier molecular flexibility index (Phi) is 13.4. The molecule has 0 aromatic heterocycles. The van der Waals surface area contributed by atoms with E-state index >= 15 is 0 Å². The molecule has 0 fully saturated rings. The molecule has 0 amide bonds. The lowest BCUT2D eigenvalue weighted by Gasteiger charge is -2.15. The summed E-state index contributed by atoms with van der Waals surface area (Å²) >= 11 is 0. The van der Waals surface area contributed by atoms with E-state index in [4.69, 9.17) is 28.8 Å². The average Bonchev–Trinajstić information content (AvgIpc) is 2.93. The van der Waals surface area contributed by atoms with E-state index in [1.165, 1.54) is 0 Å². The Bertz CT molecular complexity index is 954. The van der Waals surface area contributed by atoms with Crippen molar-refractivity contribution in [3.8, 4) is 11.5 Å². The highest BCUT2D eigenvalue weighted by molar-refractivity contribution is 5.43. The second-order valence-electron chi connectivity index (χ2n) is 8.07. The molecular formula is C29H37NO6. The Morgan fingerprint density at radius 2 is 1.11 bits per heavy atom. The number of aliphatic hydroxyl groups is 1. The lowest BCUT2D eigenvalue weighted by Crippen LogP contribution is -2.20. The molecule has 0 saturated carbocycles. The molecule has 0 atom stereocenters. The molecule has 0 saturated heterocycles. The Morgan fingerprint density at radius 1 is 0.556 bits per heavy atom. The first-order valence-corrected chi connectivity index (χ1v) is 12.4. The largest absolute Gasteiger partial charge is 0.485 e. The van der Waals surface area contributed by atoms with Crippen molar-refractivity contribution >= 4 is 0 Å². The van der Waals surface area contributed by atoms with Gasteiger partial charge in [0, 0.05) is 13.1 Å². The van der Waals surface area contributed by atoms with Gasteiger partial charge in [0.2, 0.25) is 0 Å². The van der Waals surface area contributed by atoms with Gasteiger partial charge in [0.05, 0.1) is 46.2 Å². The fourth-order valence-electron chi connectivity index (χ4n) is 3.35. The van der Waals surface area contributed by atoms with Crippen LogP contribution in [-0.4, -0.2) is 57.9 Å². The third kappa shape index (κ3) is 11.2. The molecule has 0 bridgehead atoms. The van der Waals surface area contributed by atoms with Gasteiger partial charge in [-0.15, -0.1) is 0 Å². The number of nitrogens with one attached hydrogen (secondary N) is 1. The maximum Gasteiger partial charge on any atom is 0.162 e. The third-order valence-electron chi connectivity index (χ3n) is 5.21. The normalized spacial score (nSPS) is 10.9. The number of hydrogen-bond donors (Lipinski definition) is 2. The third-order valence-corrected chi connectivity index (χ3v) is 5.21. The fraction of sp³-hybridized carbons (Fsp3) is 0.379. The van der Waals surface area contributed by atoms with Crippen molar-refractivity contribution in [2.75, 3.05) is 52.8 Å². The van der Waals surface area contributed by atoms with Crippen LogP contribution in [0, 0.1) is 0 Å². The number of benzene rings is 3. The molecule has 0 aliphatic heterocycles. The van der Waals surface area contributed by atoms with Crippen LogP contribution in [0.5, 0.6) is 11.5 Å². The molecule has 3 aromatic carbocycles. The Morgan fingerprint density at radius 3 is 1.72 bits per heavy atom. The number of aliphatic hydroxyl groups excluding tert-OH is 1. The van der Waals surface area contributed by atoms with Gasteiger partial charge in [0.15, 0.2) is 11.5 Å². The van der Waals surface area contributed by atoms with Crippen molar-refractivity contribution in [3.63, 3.8) is 0 Å². The minimum absolute atomic E-state index is 0.0321. The van der Waals surface area contributed by atoms with E-state index in [1.807, 2.05) is 72.8 Å². The van der Waals surface area contributed by atoms with Crippen LogP contribution in [0.25, 0.3) is 0 Å². The molecule has 0 unspecified atom stereocenters. The van der Waals surface area contributed by atoms with Gasteiger partial charge in [0.25, 0.3) is 0 Å². The second-order valence-corrected chi connectivity index (χ2v) is 8.07. The highest BCUT2D eigenvalue weighted by Gasteiger charge is 2.08. The van der Waals surface area contributed by atoms with Crippen molar-refractivity contribution in [3.05, 3.63) is 95.6 Å². The minimum atomic E-state index is 0.0321. The predicted molar refractivity (Wildman–Crippen MR) is 139 cm³/mol. The fourth-order valence-corrected chi connectivity index (χ4v) is 3.35. The van der Waals surface area contributed by atoms with E-state index in [0.29, 0.717) is 59.4 Å². The van der Waals surface area contributed by atoms with Crippen molar-refractivity contribution < 1.29 is 28.8 Å². The van der Waals surface area contributed by atoms with Crippen LogP contribution in [-0.2, 0) is 34.0 Å². The van der Waals surface area contributed by atoms with Crippen molar-refractivity contribution in [1.29, 1.82) is 0 Å². The predicted octanol–water partition coefficient (Wildman–Crippen LogP) is 3.98. The second kappa shape index (κ2) is 17.5. The summed E-state index contributed by atoms with van der Waals surface area (Å²) in [5.41, 5.74) is 3.32. The Hall–Kier alpha value is -2.94. The van der Waals surface area contributed by atoms with Crippen molar-refractivity contribution in [2.45, 2.75) is 19.8 Å². The van der Waals surface area contributed by atoms with Crippen LogP contribution in [0.2, 0.25) is 0 Å². The van der Waals surface area contributed by atoms with Crippen LogP contribution in [0.4, 0.5) is 0 Å². The van der Waals surface area contributed by atoms with E-state index in [0.717, 1.165) is 34.7 Å². The molecule has 0 aliphatic carbocycles. The van der Waals surface area contributed by atoms with Crippen LogP contribution in [0.1, 0.15) is 16.7 Å². The van der Waals surface area contributed by atoms with Gasteiger partial charge in [-0.1, -0.05) is 66.7 Å². The molecule has 194 valence electrons. The van der Waals surface area contributed by atoms with Gasteiger partial charge in [0.1, 0.15) is 13.2 Å². The van der Waals surface area contributed by atoms with Crippen molar-refractivity contribution in [2.24, 2.45) is 0 Å². The molecule has 3 aromatic rings. The van der Waals surface area contributed by atoms with E-state index in [-0.39, 0.29) is 6.61 Å². The summed E-state index contributed by atoms with van der Waals surface area (Å²) in [6.45, 7) is 5.40. The molecule has 2 N–H and O–H groups in total. The van der Waals surface area contributed by atoms with E-state index in [1.54, 1.807) is 0 Å². The molecule has 36 heavy (non-hydrogen) atoms. The Labute approximate surface area is 213 Å². The van der Waals surface area contributed by atoms with Gasteiger partial charge in [-0.2, -0.15) is 0 Å². The zero-order chi connectivity index (χ0) is 25.1. The summed E-state index contributed by atoms with van der Waals surface area (Å²) in [7, 11) is 0. The maximum absolute atomic E-state index is 8.63. The maximum atomic E-state index is 8.63. The molecule has 3 rings (SSSR count). The van der Waals surface area contributed by atoms with Gasteiger partial charge < -0.3 is 34.1 Å². The molecule has 0 spiro atoms. The zero-order valence-electron chi connectivity index (χ0n) is 20.8. The van der Waals surface area contributed by atoms with Crippen LogP contribution in [0.3, 0.4) is 0 Å². The zero-order valence-corrected chi connectivity index (χ0v) is 20.8. The first kappa shape index (κ1) is 27.6. The van der Waals surface area contributed by atoms with Gasteiger partial charge in [-0.25, -0.2) is 0 Å². The molecule has 7 nitrogen and oxygen atoms in total.